The molecule has 180 valence electrons. The molecule has 0 aliphatic rings. The molecule has 0 fully saturated rings. The number of alkyl halides is 6. The Kier molecular flexibility index (Phi) is 7.38. The molecule has 0 atom stereocenters. The van der Waals surface area contributed by atoms with Gasteiger partial charge < -0.3 is 14.8 Å². The quantitative estimate of drug-likeness (QED) is 0.251. The second-order valence-corrected chi connectivity index (χ2v) is 6.39. The van der Waals surface area contributed by atoms with E-state index < -0.39 is 23.9 Å². The van der Waals surface area contributed by atoms with Crippen molar-refractivity contribution in [1.82, 2.24) is 15.0 Å². The van der Waals surface area contributed by atoms with Gasteiger partial charge >= 0.3 is 18.5 Å². The molecule has 2 aromatic carbocycles. The first-order valence-corrected chi connectivity index (χ1v) is 9.50. The number of nitrogens with one attached hydrogen (secondary N) is 2. The van der Waals surface area contributed by atoms with Crippen molar-refractivity contribution in [1.29, 1.82) is 0 Å². The third-order valence-electron chi connectivity index (χ3n) is 3.80. The van der Waals surface area contributed by atoms with E-state index in [0.29, 0.717) is 0 Å². The van der Waals surface area contributed by atoms with Crippen LogP contribution in [0.15, 0.2) is 53.6 Å². The summed E-state index contributed by atoms with van der Waals surface area (Å²) in [5, 5.41) is 6.51. The van der Waals surface area contributed by atoms with Crippen LogP contribution in [0.4, 0.5) is 43.9 Å². The third kappa shape index (κ3) is 7.50. The van der Waals surface area contributed by atoms with Crippen LogP contribution in [0.3, 0.4) is 0 Å². The van der Waals surface area contributed by atoms with E-state index in [2.05, 4.69) is 35.5 Å². The number of hydrazone groups is 1. The summed E-state index contributed by atoms with van der Waals surface area (Å²) in [5.74, 6) is -0.688. The van der Waals surface area contributed by atoms with Gasteiger partial charge in [0.15, 0.2) is 0 Å². The van der Waals surface area contributed by atoms with E-state index in [-0.39, 0.29) is 35.8 Å². The van der Waals surface area contributed by atoms with Crippen molar-refractivity contribution in [3.05, 3.63) is 59.7 Å². The molecule has 0 unspecified atom stereocenters. The predicted octanol–water partition coefficient (Wildman–Crippen LogP) is 5.38. The van der Waals surface area contributed by atoms with Gasteiger partial charge in [0, 0.05) is 11.8 Å². The van der Waals surface area contributed by atoms with Gasteiger partial charge in [0.2, 0.25) is 5.95 Å². The van der Waals surface area contributed by atoms with Crippen LogP contribution in [0.2, 0.25) is 0 Å². The molecule has 34 heavy (non-hydrogen) atoms. The normalized spacial score (nSPS) is 12.0. The molecule has 1 aromatic heterocycles. The Morgan fingerprint density at radius 2 is 1.68 bits per heavy atom. The van der Waals surface area contributed by atoms with Crippen LogP contribution in [0.5, 0.6) is 11.8 Å². The summed E-state index contributed by atoms with van der Waals surface area (Å²) in [4.78, 5) is 12.0. The number of nitrogens with zero attached hydrogens (tertiary/aromatic N) is 4. The molecular weight excluding hydrogens is 470 g/mol. The number of rotatable bonds is 8. The molecule has 3 rings (SSSR count). The number of anilines is 3. The average Bonchev–Trinajstić information content (AvgIpc) is 2.72. The Morgan fingerprint density at radius 1 is 0.941 bits per heavy atom. The van der Waals surface area contributed by atoms with Gasteiger partial charge in [-0.2, -0.15) is 33.2 Å². The summed E-state index contributed by atoms with van der Waals surface area (Å²) < 4.78 is 84.9. The van der Waals surface area contributed by atoms with Gasteiger partial charge in [0.05, 0.1) is 18.4 Å². The molecule has 0 aliphatic heterocycles. The molecule has 0 spiro atoms. The van der Waals surface area contributed by atoms with E-state index in [1.54, 1.807) is 6.92 Å². The standard InChI is InChI=1S/C20H16F6N6O2/c1-2-33-18-30-16(28-14-7-4-8-15(10-14)34-20(24,25)26)29-17(31-18)32-27-11-12-5-3-6-13(9-12)19(21,22)23/h3-11H,2H2,1H3,(H2,28,29,30,31,32)/b27-11+. The first kappa shape index (κ1) is 24.5. The molecule has 0 bridgehead atoms. The van der Waals surface area contributed by atoms with E-state index in [9.17, 15) is 26.3 Å². The predicted molar refractivity (Wildman–Crippen MR) is 110 cm³/mol. The molecule has 0 amide bonds. The number of hydrogen-bond acceptors (Lipinski definition) is 8. The molecule has 0 saturated carbocycles. The highest BCUT2D eigenvalue weighted by Gasteiger charge is 2.31. The van der Waals surface area contributed by atoms with Gasteiger partial charge in [-0.25, -0.2) is 5.43 Å². The summed E-state index contributed by atoms with van der Waals surface area (Å²) in [7, 11) is 0. The van der Waals surface area contributed by atoms with Gasteiger partial charge in [-0.1, -0.05) is 18.2 Å². The van der Waals surface area contributed by atoms with Gasteiger partial charge in [-0.15, -0.1) is 13.2 Å². The third-order valence-corrected chi connectivity index (χ3v) is 3.80. The summed E-state index contributed by atoms with van der Waals surface area (Å²) in [6.07, 6.45) is -8.23. The minimum Gasteiger partial charge on any atom is -0.464 e. The van der Waals surface area contributed by atoms with Crippen LogP contribution in [0.25, 0.3) is 0 Å². The van der Waals surface area contributed by atoms with Crippen LogP contribution in [-0.2, 0) is 6.18 Å². The highest BCUT2D eigenvalue weighted by Crippen LogP contribution is 2.29. The van der Waals surface area contributed by atoms with Crippen molar-refractivity contribution < 1.29 is 35.8 Å². The molecule has 0 saturated heterocycles. The molecule has 1 heterocycles. The molecule has 0 radical (unpaired) electrons. The van der Waals surface area contributed by atoms with Gasteiger partial charge in [0.25, 0.3) is 5.95 Å². The fraction of sp³-hybridized carbons (Fsp3) is 0.200. The maximum atomic E-state index is 12.8. The molecular formula is C20H16F6N6O2. The fourth-order valence-electron chi connectivity index (χ4n) is 2.52. The lowest BCUT2D eigenvalue weighted by molar-refractivity contribution is -0.274. The smallest absolute Gasteiger partial charge is 0.464 e. The highest BCUT2D eigenvalue weighted by molar-refractivity contribution is 5.80. The zero-order chi connectivity index (χ0) is 24.8. The summed E-state index contributed by atoms with van der Waals surface area (Å²) in [5.41, 5.74) is 1.96. The Labute approximate surface area is 188 Å². The second kappa shape index (κ2) is 10.2. The minimum atomic E-state index is -4.86. The first-order valence-electron chi connectivity index (χ1n) is 9.50. The van der Waals surface area contributed by atoms with Crippen LogP contribution >= 0.6 is 0 Å². The maximum absolute atomic E-state index is 12.8. The summed E-state index contributed by atoms with van der Waals surface area (Å²) in [6, 6.07) is 9.34. The zero-order valence-electron chi connectivity index (χ0n) is 17.3. The van der Waals surface area contributed by atoms with Crippen molar-refractivity contribution in [2.75, 3.05) is 17.3 Å². The maximum Gasteiger partial charge on any atom is 0.573 e. The summed E-state index contributed by atoms with van der Waals surface area (Å²) in [6.45, 7) is 1.87. The number of benzene rings is 2. The van der Waals surface area contributed by atoms with Gasteiger partial charge in [-0.05, 0) is 36.8 Å². The van der Waals surface area contributed by atoms with Crippen LogP contribution < -0.4 is 20.2 Å². The Balaban J connectivity index is 1.78. The monoisotopic (exact) mass is 486 g/mol. The van der Waals surface area contributed by atoms with E-state index in [1.807, 2.05) is 0 Å². The average molecular weight is 486 g/mol. The lowest BCUT2D eigenvalue weighted by Crippen LogP contribution is -2.17. The SMILES string of the molecule is CCOc1nc(N/N=C/c2cccc(C(F)(F)F)c2)nc(Nc2cccc(OC(F)(F)F)c2)n1. The molecule has 2 N–H and O–H groups in total. The van der Waals surface area contributed by atoms with Crippen molar-refractivity contribution >= 4 is 23.8 Å². The molecule has 3 aromatic rings. The number of halogens is 6. The Bertz CT molecular complexity index is 1150. The zero-order valence-corrected chi connectivity index (χ0v) is 17.3. The topological polar surface area (TPSA) is 93.5 Å². The van der Waals surface area contributed by atoms with Crippen molar-refractivity contribution in [2.45, 2.75) is 19.5 Å². The Morgan fingerprint density at radius 3 is 2.38 bits per heavy atom. The first-order chi connectivity index (χ1) is 16.0. The van der Waals surface area contributed by atoms with Crippen molar-refractivity contribution in [3.8, 4) is 11.8 Å². The van der Waals surface area contributed by atoms with Gasteiger partial charge in [-0.3, -0.25) is 0 Å². The summed E-state index contributed by atoms with van der Waals surface area (Å²) >= 11 is 0. The fourth-order valence-corrected chi connectivity index (χ4v) is 2.52. The highest BCUT2D eigenvalue weighted by atomic mass is 19.4. The van der Waals surface area contributed by atoms with Crippen molar-refractivity contribution in [2.24, 2.45) is 5.10 Å². The molecule has 8 nitrogen and oxygen atoms in total. The van der Waals surface area contributed by atoms with E-state index >= 15 is 0 Å². The lowest BCUT2D eigenvalue weighted by atomic mass is 10.1. The number of ether oxygens (including phenoxy) is 2. The van der Waals surface area contributed by atoms with Crippen LogP contribution in [-0.4, -0.2) is 34.1 Å². The number of hydrogen-bond donors (Lipinski definition) is 2. The van der Waals surface area contributed by atoms with Crippen molar-refractivity contribution in [3.63, 3.8) is 0 Å². The Hall–Kier alpha value is -4.10. The van der Waals surface area contributed by atoms with Gasteiger partial charge in [0.1, 0.15) is 5.75 Å². The number of aromatic nitrogens is 3. The largest absolute Gasteiger partial charge is 0.573 e. The van der Waals surface area contributed by atoms with Crippen LogP contribution in [0.1, 0.15) is 18.1 Å². The van der Waals surface area contributed by atoms with Crippen LogP contribution in [0, 0.1) is 0 Å². The van der Waals surface area contributed by atoms with E-state index in [1.165, 1.54) is 24.3 Å². The lowest BCUT2D eigenvalue weighted by Gasteiger charge is -2.11. The minimum absolute atomic E-state index is 0.0978. The van der Waals surface area contributed by atoms with E-state index in [0.717, 1.165) is 30.5 Å². The molecule has 14 heteroatoms. The second-order valence-electron chi connectivity index (χ2n) is 6.39. The van der Waals surface area contributed by atoms with E-state index in [4.69, 9.17) is 4.74 Å². The molecule has 0 aliphatic carbocycles.